The van der Waals surface area contributed by atoms with Crippen molar-refractivity contribution in [3.05, 3.63) is 54.5 Å². The van der Waals surface area contributed by atoms with Gasteiger partial charge in [0, 0.05) is 18.7 Å². The van der Waals surface area contributed by atoms with Crippen LogP contribution in [0.1, 0.15) is 37.9 Å². The number of furan rings is 1. The molecule has 3 aromatic rings. The molecule has 1 aliphatic rings. The molecule has 1 saturated carbocycles. The largest absolute Gasteiger partial charge is 0.467 e. The van der Waals surface area contributed by atoms with E-state index in [1.807, 2.05) is 59.0 Å². The fourth-order valence-corrected chi connectivity index (χ4v) is 4.66. The van der Waals surface area contributed by atoms with Crippen LogP contribution in [0.2, 0.25) is 0 Å². The lowest BCUT2D eigenvalue weighted by molar-refractivity contribution is -0.129. The van der Waals surface area contributed by atoms with Gasteiger partial charge in [-0.15, -0.1) is 10.2 Å². The molecule has 0 aliphatic heterocycles. The Hall–Kier alpha value is -2.54. The van der Waals surface area contributed by atoms with Crippen LogP contribution in [0.15, 0.2) is 58.3 Å². The summed E-state index contributed by atoms with van der Waals surface area (Å²) in [5.41, 5.74) is 0.990. The van der Waals surface area contributed by atoms with Crippen molar-refractivity contribution < 1.29 is 9.21 Å². The Morgan fingerprint density at radius 1 is 1.14 bits per heavy atom. The average Bonchev–Trinajstić information content (AvgIpc) is 3.43. The van der Waals surface area contributed by atoms with Crippen molar-refractivity contribution in [2.45, 2.75) is 49.8 Å². The molecule has 4 rings (SSSR count). The van der Waals surface area contributed by atoms with Crippen molar-refractivity contribution >= 4 is 17.7 Å². The third-order valence-electron chi connectivity index (χ3n) is 5.48. The lowest BCUT2D eigenvalue weighted by atomic mass is 9.94. The highest BCUT2D eigenvalue weighted by Gasteiger charge is 2.23. The molecule has 0 N–H and O–H groups in total. The van der Waals surface area contributed by atoms with Gasteiger partial charge in [-0.25, -0.2) is 0 Å². The lowest BCUT2D eigenvalue weighted by Crippen LogP contribution is -2.39. The summed E-state index contributed by atoms with van der Waals surface area (Å²) in [6.07, 6.45) is 7.60. The topological polar surface area (TPSA) is 64.2 Å². The van der Waals surface area contributed by atoms with Crippen LogP contribution in [0.5, 0.6) is 0 Å². The summed E-state index contributed by atoms with van der Waals surface area (Å²) >= 11 is 1.44. The molecule has 0 spiro atoms. The zero-order valence-electron chi connectivity index (χ0n) is 16.7. The Morgan fingerprint density at radius 2 is 1.93 bits per heavy atom. The predicted octanol–water partition coefficient (Wildman–Crippen LogP) is 4.47. The molecule has 6 nitrogen and oxygen atoms in total. The summed E-state index contributed by atoms with van der Waals surface area (Å²) in [4.78, 5) is 14.7. The van der Waals surface area contributed by atoms with Crippen LogP contribution in [0, 0.1) is 0 Å². The Labute approximate surface area is 175 Å². The standard InChI is InChI=1S/C22H26N4O2S/c1-25(18-11-6-3-7-12-18)20(27)16-29-22-24-23-21(17-9-4-2-5-10-17)26(22)15-19-13-8-14-28-19/h2,4-5,8-10,13-14,18H,3,6-7,11-12,15-16H2,1H3. The van der Waals surface area contributed by atoms with Crippen LogP contribution < -0.4 is 0 Å². The molecule has 7 heteroatoms. The smallest absolute Gasteiger partial charge is 0.233 e. The Kier molecular flexibility index (Phi) is 6.34. The van der Waals surface area contributed by atoms with Crippen LogP contribution >= 0.6 is 11.8 Å². The normalized spacial score (nSPS) is 14.8. The second-order valence-corrected chi connectivity index (χ2v) is 8.37. The second kappa shape index (κ2) is 9.31. The fraction of sp³-hybridized carbons (Fsp3) is 0.409. The maximum Gasteiger partial charge on any atom is 0.233 e. The van der Waals surface area contributed by atoms with Crippen molar-refractivity contribution in [3.8, 4) is 11.4 Å². The minimum atomic E-state index is 0.149. The van der Waals surface area contributed by atoms with E-state index in [4.69, 9.17) is 4.42 Å². The minimum Gasteiger partial charge on any atom is -0.467 e. The van der Waals surface area contributed by atoms with E-state index in [-0.39, 0.29) is 5.91 Å². The van der Waals surface area contributed by atoms with Gasteiger partial charge in [0.05, 0.1) is 18.6 Å². The molecule has 0 bridgehead atoms. The zero-order chi connectivity index (χ0) is 20.1. The number of nitrogens with zero attached hydrogens (tertiary/aromatic N) is 4. The number of benzene rings is 1. The molecule has 152 valence electrons. The average molecular weight is 411 g/mol. The zero-order valence-corrected chi connectivity index (χ0v) is 17.5. The van der Waals surface area contributed by atoms with Crippen molar-refractivity contribution in [2.75, 3.05) is 12.8 Å². The molecule has 1 aromatic carbocycles. The molecule has 2 aromatic heterocycles. The number of rotatable bonds is 7. The first-order chi connectivity index (χ1) is 14.2. The van der Waals surface area contributed by atoms with Gasteiger partial charge < -0.3 is 9.32 Å². The molecule has 2 heterocycles. The first kappa shape index (κ1) is 19.8. The Balaban J connectivity index is 1.50. The number of aromatic nitrogens is 3. The van der Waals surface area contributed by atoms with Crippen molar-refractivity contribution in [2.24, 2.45) is 0 Å². The van der Waals surface area contributed by atoms with Crippen LogP contribution in [-0.4, -0.2) is 44.4 Å². The third kappa shape index (κ3) is 4.72. The molecule has 0 atom stereocenters. The number of hydrogen-bond donors (Lipinski definition) is 0. The van der Waals surface area contributed by atoms with E-state index >= 15 is 0 Å². The quantitative estimate of drug-likeness (QED) is 0.538. The molecule has 1 aliphatic carbocycles. The van der Waals surface area contributed by atoms with Crippen LogP contribution in [0.4, 0.5) is 0 Å². The first-order valence-electron chi connectivity index (χ1n) is 10.1. The maximum absolute atomic E-state index is 12.7. The molecule has 0 radical (unpaired) electrons. The highest BCUT2D eigenvalue weighted by atomic mass is 32.2. The van der Waals surface area contributed by atoms with Gasteiger partial charge in [-0.2, -0.15) is 0 Å². The highest BCUT2D eigenvalue weighted by molar-refractivity contribution is 7.99. The number of carbonyl (C=O) groups is 1. The van der Waals surface area contributed by atoms with E-state index in [2.05, 4.69) is 10.2 Å². The summed E-state index contributed by atoms with van der Waals surface area (Å²) in [6.45, 7) is 0.527. The van der Waals surface area contributed by atoms with E-state index in [0.717, 1.165) is 35.1 Å². The van der Waals surface area contributed by atoms with E-state index in [0.29, 0.717) is 18.3 Å². The van der Waals surface area contributed by atoms with Crippen molar-refractivity contribution in [1.82, 2.24) is 19.7 Å². The van der Waals surface area contributed by atoms with Gasteiger partial charge >= 0.3 is 0 Å². The number of hydrogen-bond acceptors (Lipinski definition) is 5. The summed E-state index contributed by atoms with van der Waals surface area (Å²) in [5, 5.41) is 9.51. The second-order valence-electron chi connectivity index (χ2n) is 7.42. The van der Waals surface area contributed by atoms with Gasteiger partial charge in [0.1, 0.15) is 5.76 Å². The summed E-state index contributed by atoms with van der Waals surface area (Å²) in [5.74, 6) is 2.11. The Bertz CT molecular complexity index is 918. The van der Waals surface area contributed by atoms with E-state index in [1.54, 1.807) is 6.26 Å². The number of carbonyl (C=O) groups excluding carboxylic acids is 1. The molecular weight excluding hydrogens is 384 g/mol. The minimum absolute atomic E-state index is 0.149. The maximum atomic E-state index is 12.7. The highest BCUT2D eigenvalue weighted by Crippen LogP contribution is 2.27. The van der Waals surface area contributed by atoms with Crippen molar-refractivity contribution in [3.63, 3.8) is 0 Å². The van der Waals surface area contributed by atoms with E-state index in [9.17, 15) is 4.79 Å². The number of amides is 1. The number of thioether (sulfide) groups is 1. The van der Waals surface area contributed by atoms with Crippen LogP contribution in [0.25, 0.3) is 11.4 Å². The first-order valence-corrected chi connectivity index (χ1v) is 11.1. The van der Waals surface area contributed by atoms with E-state index < -0.39 is 0 Å². The molecule has 1 amide bonds. The predicted molar refractivity (Wildman–Crippen MR) is 114 cm³/mol. The van der Waals surface area contributed by atoms with Gasteiger partial charge in [-0.3, -0.25) is 9.36 Å². The monoisotopic (exact) mass is 410 g/mol. The van der Waals surface area contributed by atoms with Gasteiger partial charge in [0.2, 0.25) is 5.91 Å². The summed E-state index contributed by atoms with van der Waals surface area (Å²) < 4.78 is 7.56. The third-order valence-corrected chi connectivity index (χ3v) is 6.43. The lowest BCUT2D eigenvalue weighted by Gasteiger charge is -2.31. The summed E-state index contributed by atoms with van der Waals surface area (Å²) in [7, 11) is 1.93. The molecule has 29 heavy (non-hydrogen) atoms. The molecule has 0 unspecified atom stereocenters. The molecule has 1 fully saturated rings. The van der Waals surface area contributed by atoms with Gasteiger partial charge in [0.15, 0.2) is 11.0 Å². The summed E-state index contributed by atoms with van der Waals surface area (Å²) in [6, 6.07) is 14.2. The van der Waals surface area contributed by atoms with Crippen molar-refractivity contribution in [1.29, 1.82) is 0 Å². The van der Waals surface area contributed by atoms with E-state index in [1.165, 1.54) is 31.0 Å². The Morgan fingerprint density at radius 3 is 2.66 bits per heavy atom. The fourth-order valence-electron chi connectivity index (χ4n) is 3.80. The van der Waals surface area contributed by atoms with Gasteiger partial charge in [-0.05, 0) is 25.0 Å². The van der Waals surface area contributed by atoms with Crippen LogP contribution in [0.3, 0.4) is 0 Å². The van der Waals surface area contributed by atoms with Gasteiger partial charge in [0.25, 0.3) is 0 Å². The SMILES string of the molecule is CN(C(=O)CSc1nnc(-c2ccccc2)n1Cc1ccco1)C1CCCCC1. The molecule has 0 saturated heterocycles. The molecular formula is C22H26N4O2S. The van der Waals surface area contributed by atoms with Crippen LogP contribution in [-0.2, 0) is 11.3 Å². The van der Waals surface area contributed by atoms with Gasteiger partial charge in [-0.1, -0.05) is 61.4 Å².